The Hall–Kier alpha value is -3.02. The summed E-state index contributed by atoms with van der Waals surface area (Å²) in [5, 5.41) is 13.1. The van der Waals surface area contributed by atoms with Crippen molar-refractivity contribution in [1.82, 2.24) is 0 Å². The van der Waals surface area contributed by atoms with Crippen molar-refractivity contribution in [1.29, 1.82) is 0 Å². The number of carboxylic acids is 1. The fourth-order valence-electron chi connectivity index (χ4n) is 2.13. The van der Waals surface area contributed by atoms with Crippen LogP contribution in [0.15, 0.2) is 47.6 Å². The van der Waals surface area contributed by atoms with Crippen LogP contribution in [0.3, 0.4) is 0 Å². The number of benzene rings is 2. The van der Waals surface area contributed by atoms with Gasteiger partial charge in [0.05, 0.1) is 30.7 Å². The lowest BCUT2D eigenvalue weighted by Crippen LogP contribution is -2.03. The Kier molecular flexibility index (Phi) is 6.83. The molecule has 0 radical (unpaired) electrons. The Labute approximate surface area is 147 Å². The SMILES string of the molecule is CCCOc1c(/C=N\Nc2ccc(C(=O)O)cc2)cccc1OCC. The molecule has 0 spiro atoms. The summed E-state index contributed by atoms with van der Waals surface area (Å²) in [5.74, 6) is 0.393. The number of ether oxygens (including phenoxy) is 2. The zero-order chi connectivity index (χ0) is 18.1. The number of para-hydroxylation sites is 1. The molecule has 6 nitrogen and oxygen atoms in total. The summed E-state index contributed by atoms with van der Waals surface area (Å²) in [6.45, 7) is 5.11. The molecule has 0 saturated heterocycles. The molecular formula is C19H22N2O4. The minimum Gasteiger partial charge on any atom is -0.490 e. The van der Waals surface area contributed by atoms with E-state index in [1.165, 1.54) is 12.1 Å². The molecule has 0 bridgehead atoms. The number of carbonyl (C=O) groups is 1. The molecule has 0 unspecified atom stereocenters. The highest BCUT2D eigenvalue weighted by Crippen LogP contribution is 2.30. The standard InChI is InChI=1S/C19H22N2O4/c1-3-12-25-18-15(6-5-7-17(18)24-4-2)13-20-21-16-10-8-14(9-11-16)19(22)23/h5-11,13,21H,3-4,12H2,1-2H3,(H,22,23)/b20-13-. The summed E-state index contributed by atoms with van der Waals surface area (Å²) in [7, 11) is 0. The normalized spacial score (nSPS) is 10.6. The number of carboxylic acid groups (broad SMARTS) is 1. The van der Waals surface area contributed by atoms with Gasteiger partial charge in [-0.2, -0.15) is 5.10 Å². The topological polar surface area (TPSA) is 80.2 Å². The van der Waals surface area contributed by atoms with E-state index in [1.807, 2.05) is 32.0 Å². The molecule has 0 fully saturated rings. The third-order valence-electron chi connectivity index (χ3n) is 3.29. The summed E-state index contributed by atoms with van der Waals surface area (Å²) in [6.07, 6.45) is 2.55. The lowest BCUT2D eigenvalue weighted by atomic mass is 10.2. The van der Waals surface area contributed by atoms with Crippen LogP contribution in [0.2, 0.25) is 0 Å². The van der Waals surface area contributed by atoms with Crippen molar-refractivity contribution in [2.45, 2.75) is 20.3 Å². The van der Waals surface area contributed by atoms with Crippen LogP contribution in [0.4, 0.5) is 5.69 Å². The summed E-state index contributed by atoms with van der Waals surface area (Å²) in [5.41, 5.74) is 4.60. The van der Waals surface area contributed by atoms with Gasteiger partial charge < -0.3 is 14.6 Å². The van der Waals surface area contributed by atoms with Crippen molar-refractivity contribution in [2.24, 2.45) is 5.10 Å². The molecule has 0 aromatic heterocycles. The summed E-state index contributed by atoms with van der Waals surface area (Å²) >= 11 is 0. The first kappa shape index (κ1) is 18.3. The van der Waals surface area contributed by atoms with Gasteiger partial charge in [0.15, 0.2) is 11.5 Å². The van der Waals surface area contributed by atoms with E-state index in [0.29, 0.717) is 30.4 Å². The number of nitrogens with zero attached hydrogens (tertiary/aromatic N) is 1. The second kappa shape index (κ2) is 9.32. The smallest absolute Gasteiger partial charge is 0.335 e. The second-order valence-corrected chi connectivity index (χ2v) is 5.21. The second-order valence-electron chi connectivity index (χ2n) is 5.21. The number of rotatable bonds is 9. The molecule has 6 heteroatoms. The number of hydrogen-bond donors (Lipinski definition) is 2. The van der Waals surface area contributed by atoms with Gasteiger partial charge in [-0.3, -0.25) is 5.43 Å². The molecule has 0 heterocycles. The number of nitrogens with one attached hydrogen (secondary N) is 1. The molecule has 2 N–H and O–H groups in total. The molecule has 0 aliphatic rings. The van der Waals surface area contributed by atoms with Crippen molar-refractivity contribution >= 4 is 17.9 Å². The van der Waals surface area contributed by atoms with Crippen molar-refractivity contribution in [2.75, 3.05) is 18.6 Å². The maximum absolute atomic E-state index is 10.8. The number of aromatic carboxylic acids is 1. The van der Waals surface area contributed by atoms with Gasteiger partial charge in [-0.15, -0.1) is 0 Å². The predicted octanol–water partition coefficient (Wildman–Crippen LogP) is 4.02. The van der Waals surface area contributed by atoms with Gasteiger partial charge in [0.25, 0.3) is 0 Å². The van der Waals surface area contributed by atoms with Gasteiger partial charge in [0.1, 0.15) is 0 Å². The first-order chi connectivity index (χ1) is 12.2. The molecule has 25 heavy (non-hydrogen) atoms. The molecule has 0 amide bonds. The first-order valence-corrected chi connectivity index (χ1v) is 8.16. The van der Waals surface area contributed by atoms with Gasteiger partial charge in [0.2, 0.25) is 0 Å². The summed E-state index contributed by atoms with van der Waals surface area (Å²) in [6, 6.07) is 12.0. The third-order valence-corrected chi connectivity index (χ3v) is 3.29. The van der Waals surface area contributed by atoms with Crippen LogP contribution in [0.1, 0.15) is 36.2 Å². The van der Waals surface area contributed by atoms with Crippen molar-refractivity contribution in [3.05, 3.63) is 53.6 Å². The van der Waals surface area contributed by atoms with Crippen LogP contribution in [-0.2, 0) is 0 Å². The minimum atomic E-state index is -0.958. The van der Waals surface area contributed by atoms with Crippen LogP contribution in [-0.4, -0.2) is 30.5 Å². The lowest BCUT2D eigenvalue weighted by Gasteiger charge is -2.13. The fraction of sp³-hybridized carbons (Fsp3) is 0.263. The van der Waals surface area contributed by atoms with E-state index in [9.17, 15) is 4.79 Å². The first-order valence-electron chi connectivity index (χ1n) is 8.16. The third kappa shape index (κ3) is 5.24. The van der Waals surface area contributed by atoms with Crippen LogP contribution in [0.5, 0.6) is 11.5 Å². The zero-order valence-corrected chi connectivity index (χ0v) is 14.4. The Morgan fingerprint density at radius 3 is 2.56 bits per heavy atom. The summed E-state index contributed by atoms with van der Waals surface area (Å²) in [4.78, 5) is 10.8. The Morgan fingerprint density at radius 2 is 1.92 bits per heavy atom. The zero-order valence-electron chi connectivity index (χ0n) is 14.4. The van der Waals surface area contributed by atoms with E-state index in [2.05, 4.69) is 10.5 Å². The quantitative estimate of drug-likeness (QED) is 0.531. The van der Waals surface area contributed by atoms with Crippen molar-refractivity contribution < 1.29 is 19.4 Å². The number of hydrazone groups is 1. The Morgan fingerprint density at radius 1 is 1.16 bits per heavy atom. The molecule has 0 aliphatic heterocycles. The van der Waals surface area contributed by atoms with Crippen molar-refractivity contribution in [3.63, 3.8) is 0 Å². The van der Waals surface area contributed by atoms with Crippen molar-refractivity contribution in [3.8, 4) is 11.5 Å². The maximum atomic E-state index is 10.8. The Balaban J connectivity index is 2.13. The fourth-order valence-corrected chi connectivity index (χ4v) is 2.13. The van der Waals surface area contributed by atoms with E-state index in [1.54, 1.807) is 18.3 Å². The van der Waals surface area contributed by atoms with Crippen LogP contribution in [0.25, 0.3) is 0 Å². The highest BCUT2D eigenvalue weighted by atomic mass is 16.5. The van der Waals surface area contributed by atoms with Gasteiger partial charge in [-0.05, 0) is 49.7 Å². The number of anilines is 1. The highest BCUT2D eigenvalue weighted by molar-refractivity contribution is 5.88. The lowest BCUT2D eigenvalue weighted by molar-refractivity contribution is 0.0697. The molecule has 0 aliphatic carbocycles. The maximum Gasteiger partial charge on any atom is 0.335 e. The van der Waals surface area contributed by atoms with E-state index >= 15 is 0 Å². The van der Waals surface area contributed by atoms with Gasteiger partial charge in [0, 0.05) is 5.56 Å². The molecular weight excluding hydrogens is 320 g/mol. The monoisotopic (exact) mass is 342 g/mol. The molecule has 2 aromatic carbocycles. The van der Waals surface area contributed by atoms with Gasteiger partial charge in [-0.1, -0.05) is 13.0 Å². The average Bonchev–Trinajstić information content (AvgIpc) is 2.62. The van der Waals surface area contributed by atoms with E-state index in [0.717, 1.165) is 12.0 Å². The molecule has 2 aromatic rings. The van der Waals surface area contributed by atoms with Crippen LogP contribution < -0.4 is 14.9 Å². The highest BCUT2D eigenvalue weighted by Gasteiger charge is 2.09. The van der Waals surface area contributed by atoms with E-state index in [-0.39, 0.29) is 5.56 Å². The van der Waals surface area contributed by atoms with E-state index < -0.39 is 5.97 Å². The molecule has 0 saturated carbocycles. The predicted molar refractivity (Wildman–Crippen MR) is 98.0 cm³/mol. The van der Waals surface area contributed by atoms with Gasteiger partial charge >= 0.3 is 5.97 Å². The summed E-state index contributed by atoms with van der Waals surface area (Å²) < 4.78 is 11.4. The molecule has 2 rings (SSSR count). The van der Waals surface area contributed by atoms with Gasteiger partial charge in [-0.25, -0.2) is 4.79 Å². The Bertz CT molecular complexity index is 727. The molecule has 132 valence electrons. The van der Waals surface area contributed by atoms with Crippen LogP contribution in [0, 0.1) is 0 Å². The number of hydrogen-bond acceptors (Lipinski definition) is 5. The average molecular weight is 342 g/mol. The van der Waals surface area contributed by atoms with E-state index in [4.69, 9.17) is 14.6 Å². The molecule has 0 atom stereocenters. The van der Waals surface area contributed by atoms with Crippen LogP contribution >= 0.6 is 0 Å². The largest absolute Gasteiger partial charge is 0.490 e. The minimum absolute atomic E-state index is 0.231.